The fourth-order valence-corrected chi connectivity index (χ4v) is 2.41. The summed E-state index contributed by atoms with van der Waals surface area (Å²) in [6.07, 6.45) is 5.04. The van der Waals surface area contributed by atoms with Gasteiger partial charge in [-0.25, -0.2) is 0 Å². The second kappa shape index (κ2) is 8.41. The molecule has 0 fully saturated rings. The summed E-state index contributed by atoms with van der Waals surface area (Å²) in [5.41, 5.74) is 4.75. The first-order valence-corrected chi connectivity index (χ1v) is 8.31. The zero-order valence-corrected chi connectivity index (χ0v) is 14.7. The van der Waals surface area contributed by atoms with Crippen LogP contribution in [0.2, 0.25) is 5.02 Å². The molecule has 0 radical (unpaired) electrons. The van der Waals surface area contributed by atoms with Gasteiger partial charge >= 0.3 is 0 Å². The van der Waals surface area contributed by atoms with Crippen LogP contribution in [0.25, 0.3) is 11.3 Å². The van der Waals surface area contributed by atoms with Gasteiger partial charge in [0.05, 0.1) is 6.21 Å². The van der Waals surface area contributed by atoms with Gasteiger partial charge in [0.2, 0.25) is 0 Å². The van der Waals surface area contributed by atoms with E-state index >= 15 is 0 Å². The predicted octanol–water partition coefficient (Wildman–Crippen LogP) is 3.99. The molecule has 0 spiro atoms. The van der Waals surface area contributed by atoms with Gasteiger partial charge in [0.15, 0.2) is 5.11 Å². The van der Waals surface area contributed by atoms with Gasteiger partial charge in [0.25, 0.3) is 0 Å². The Kier molecular flexibility index (Phi) is 5.77. The number of aromatic nitrogens is 1. The van der Waals surface area contributed by atoms with Crippen molar-refractivity contribution in [3.05, 3.63) is 77.3 Å². The van der Waals surface area contributed by atoms with Crippen LogP contribution in [0.5, 0.6) is 0 Å². The van der Waals surface area contributed by atoms with Gasteiger partial charge in [-0.3, -0.25) is 10.4 Å². The van der Waals surface area contributed by atoms with Crippen molar-refractivity contribution in [3.8, 4) is 11.3 Å². The third kappa shape index (κ3) is 5.14. The summed E-state index contributed by atoms with van der Waals surface area (Å²) in [5.74, 6) is 1.33. The van der Waals surface area contributed by atoms with E-state index in [9.17, 15) is 0 Å². The molecule has 0 unspecified atom stereocenters. The molecule has 3 aromatic rings. The largest absolute Gasteiger partial charge is 0.455 e. The number of hydrogen-bond donors (Lipinski definition) is 2. The summed E-state index contributed by atoms with van der Waals surface area (Å²) in [4.78, 5) is 3.97. The molecule has 1 aromatic carbocycles. The number of nitrogens with one attached hydrogen (secondary N) is 2. The highest BCUT2D eigenvalue weighted by Crippen LogP contribution is 2.24. The molecule has 25 heavy (non-hydrogen) atoms. The average Bonchev–Trinajstić information content (AvgIpc) is 3.10. The Morgan fingerprint density at radius 3 is 2.84 bits per heavy atom. The first-order valence-electron chi connectivity index (χ1n) is 7.52. The van der Waals surface area contributed by atoms with Crippen LogP contribution in [-0.2, 0) is 6.54 Å². The monoisotopic (exact) mass is 370 g/mol. The standard InChI is InChI=1S/C18H15ClN4OS/c19-15-3-1-2-14(10-15)17-5-4-16(24-17)12-22-23-18(25)21-11-13-6-8-20-9-7-13/h1-10,12H,11H2,(H2,21,23,25). The van der Waals surface area contributed by atoms with Crippen LogP contribution in [0.4, 0.5) is 0 Å². The van der Waals surface area contributed by atoms with Crippen molar-refractivity contribution < 1.29 is 4.42 Å². The Morgan fingerprint density at radius 1 is 1.20 bits per heavy atom. The second-order valence-electron chi connectivity index (χ2n) is 5.12. The second-order valence-corrected chi connectivity index (χ2v) is 5.97. The lowest BCUT2D eigenvalue weighted by Crippen LogP contribution is -2.31. The molecule has 2 heterocycles. The van der Waals surface area contributed by atoms with Crippen LogP contribution < -0.4 is 10.7 Å². The Morgan fingerprint density at radius 2 is 2.04 bits per heavy atom. The average molecular weight is 371 g/mol. The van der Waals surface area contributed by atoms with Crippen molar-refractivity contribution in [2.24, 2.45) is 5.10 Å². The van der Waals surface area contributed by atoms with Gasteiger partial charge in [-0.1, -0.05) is 23.7 Å². The minimum absolute atomic E-state index is 0.426. The summed E-state index contributed by atoms with van der Waals surface area (Å²) in [6.45, 7) is 0.601. The quantitative estimate of drug-likeness (QED) is 0.404. The number of furan rings is 1. The summed E-state index contributed by atoms with van der Waals surface area (Å²) in [5, 5.41) is 8.21. The Balaban J connectivity index is 1.51. The smallest absolute Gasteiger partial charge is 0.187 e. The molecule has 3 rings (SSSR count). The highest BCUT2D eigenvalue weighted by Gasteiger charge is 2.04. The van der Waals surface area contributed by atoms with Gasteiger partial charge in [0, 0.05) is 29.5 Å². The molecule has 0 atom stereocenters. The lowest BCUT2D eigenvalue weighted by Gasteiger charge is -2.06. The molecule has 0 saturated heterocycles. The lowest BCUT2D eigenvalue weighted by atomic mass is 10.2. The molecule has 2 N–H and O–H groups in total. The van der Waals surface area contributed by atoms with Gasteiger partial charge in [-0.2, -0.15) is 5.10 Å². The van der Waals surface area contributed by atoms with Gasteiger partial charge in [-0.15, -0.1) is 0 Å². The van der Waals surface area contributed by atoms with Crippen LogP contribution in [0.1, 0.15) is 11.3 Å². The van der Waals surface area contributed by atoms with Gasteiger partial charge in [-0.05, 0) is 54.2 Å². The predicted molar refractivity (Wildman–Crippen MR) is 104 cm³/mol. The molecule has 5 nitrogen and oxygen atoms in total. The summed E-state index contributed by atoms with van der Waals surface area (Å²) in [7, 11) is 0. The van der Waals surface area contributed by atoms with Crippen LogP contribution in [0.15, 0.2) is 70.4 Å². The molecule has 2 aromatic heterocycles. The van der Waals surface area contributed by atoms with Gasteiger partial charge < -0.3 is 9.73 Å². The van der Waals surface area contributed by atoms with Crippen molar-refractivity contribution in [1.82, 2.24) is 15.7 Å². The molecule has 0 amide bonds. The van der Waals surface area contributed by atoms with E-state index in [1.807, 2.05) is 48.5 Å². The van der Waals surface area contributed by atoms with Crippen LogP contribution in [0.3, 0.4) is 0 Å². The summed E-state index contributed by atoms with van der Waals surface area (Å²) < 4.78 is 5.72. The number of rotatable bonds is 5. The Bertz CT molecular complexity index is 880. The summed E-state index contributed by atoms with van der Waals surface area (Å²) >= 11 is 11.2. The van der Waals surface area contributed by atoms with Crippen LogP contribution >= 0.6 is 23.8 Å². The third-order valence-corrected chi connectivity index (χ3v) is 3.77. The van der Waals surface area contributed by atoms with E-state index in [0.717, 1.165) is 16.9 Å². The van der Waals surface area contributed by atoms with E-state index < -0.39 is 0 Å². The molecule has 0 saturated carbocycles. The zero-order chi connectivity index (χ0) is 17.5. The topological polar surface area (TPSA) is 62.5 Å². The lowest BCUT2D eigenvalue weighted by molar-refractivity contribution is 0.574. The van der Waals surface area contributed by atoms with E-state index in [1.54, 1.807) is 18.6 Å². The molecule has 0 aliphatic rings. The third-order valence-electron chi connectivity index (χ3n) is 3.30. The number of halogens is 1. The van der Waals surface area contributed by atoms with E-state index in [0.29, 0.717) is 22.4 Å². The molecular weight excluding hydrogens is 356 g/mol. The van der Waals surface area contributed by atoms with Crippen molar-refractivity contribution >= 4 is 35.1 Å². The maximum Gasteiger partial charge on any atom is 0.187 e. The number of hydrazone groups is 1. The number of thiocarbonyl (C=S) groups is 1. The van der Waals surface area contributed by atoms with Crippen LogP contribution in [0, 0.1) is 0 Å². The molecular formula is C18H15ClN4OS. The molecule has 126 valence electrons. The maximum absolute atomic E-state index is 5.99. The zero-order valence-electron chi connectivity index (χ0n) is 13.1. The molecule has 0 aliphatic carbocycles. The fraction of sp³-hybridized carbons (Fsp3) is 0.0556. The van der Waals surface area contributed by atoms with Crippen molar-refractivity contribution in [3.63, 3.8) is 0 Å². The highest BCUT2D eigenvalue weighted by molar-refractivity contribution is 7.80. The van der Waals surface area contributed by atoms with Crippen molar-refractivity contribution in [2.75, 3.05) is 0 Å². The number of nitrogens with zero attached hydrogens (tertiary/aromatic N) is 2. The minimum Gasteiger partial charge on any atom is -0.455 e. The van der Waals surface area contributed by atoms with Gasteiger partial charge in [0.1, 0.15) is 11.5 Å². The van der Waals surface area contributed by atoms with E-state index in [4.69, 9.17) is 28.2 Å². The fourth-order valence-electron chi connectivity index (χ4n) is 2.10. The molecule has 0 aliphatic heterocycles. The number of pyridine rings is 1. The number of benzene rings is 1. The SMILES string of the molecule is S=C(NCc1ccncc1)NN=Cc1ccc(-c2cccc(Cl)c2)o1. The van der Waals surface area contributed by atoms with Crippen molar-refractivity contribution in [2.45, 2.75) is 6.54 Å². The minimum atomic E-state index is 0.426. The Hall–Kier alpha value is -2.70. The highest BCUT2D eigenvalue weighted by atomic mass is 35.5. The van der Waals surface area contributed by atoms with Crippen LogP contribution in [-0.4, -0.2) is 16.3 Å². The first kappa shape index (κ1) is 17.1. The Labute approximate surface area is 155 Å². The van der Waals surface area contributed by atoms with E-state index in [2.05, 4.69) is 20.8 Å². The van der Waals surface area contributed by atoms with E-state index in [1.165, 1.54) is 0 Å². The normalized spacial score (nSPS) is 10.8. The van der Waals surface area contributed by atoms with E-state index in [-0.39, 0.29) is 0 Å². The summed E-state index contributed by atoms with van der Waals surface area (Å²) in [6, 6.07) is 15.0. The number of hydrogen-bond acceptors (Lipinski definition) is 4. The molecule has 0 bridgehead atoms. The van der Waals surface area contributed by atoms with Crippen molar-refractivity contribution in [1.29, 1.82) is 0 Å². The molecule has 7 heteroatoms. The maximum atomic E-state index is 5.99. The first-order chi connectivity index (χ1) is 12.2.